The summed E-state index contributed by atoms with van der Waals surface area (Å²) in [7, 11) is 1.46. The average Bonchev–Trinajstić information content (AvgIpc) is 3.80. The molecule has 0 fully saturated rings. The van der Waals surface area contributed by atoms with Crippen molar-refractivity contribution >= 4 is 41.0 Å². The molecule has 17 nitrogen and oxygen atoms in total. The van der Waals surface area contributed by atoms with Crippen LogP contribution in [-0.4, -0.2) is 110 Å². The number of aromatic amines is 1. The average molecular weight is 851 g/mol. The number of hydrogen-bond donors (Lipinski definition) is 8. The van der Waals surface area contributed by atoms with Crippen LogP contribution in [-0.2, 0) is 20.8 Å². The number of phenols is 2. The molecule has 18 heteroatoms. The van der Waals surface area contributed by atoms with Gasteiger partial charge >= 0.3 is 0 Å². The van der Waals surface area contributed by atoms with Crippen molar-refractivity contribution < 1.29 is 34.2 Å². The summed E-state index contributed by atoms with van der Waals surface area (Å²) >= 11 is 6.05. The van der Waals surface area contributed by atoms with Gasteiger partial charge in [0.15, 0.2) is 0 Å². The number of likely N-dealkylation sites (N-methyl/N-ethyl adjacent to an activating group) is 1. The second-order valence-corrected chi connectivity index (χ2v) is 15.3. The monoisotopic (exact) mass is 850 g/mol. The minimum atomic E-state index is -1.29. The maximum absolute atomic E-state index is 14.5. The Kier molecular flexibility index (Phi) is 14.4. The topological polar surface area (TPSA) is 258 Å². The lowest BCUT2D eigenvalue weighted by Gasteiger charge is -2.33. The fourth-order valence-corrected chi connectivity index (χ4v) is 7.20. The van der Waals surface area contributed by atoms with Crippen molar-refractivity contribution in [1.29, 1.82) is 0 Å². The van der Waals surface area contributed by atoms with Gasteiger partial charge in [0.05, 0.1) is 12.6 Å². The number of halogens is 1. The number of fused-ring (bicyclic) bond motifs is 5. The first kappa shape index (κ1) is 43.9. The van der Waals surface area contributed by atoms with Crippen molar-refractivity contribution in [3.63, 3.8) is 0 Å². The highest BCUT2D eigenvalue weighted by Crippen LogP contribution is 2.39. The van der Waals surface area contributed by atoms with Crippen molar-refractivity contribution in [1.82, 2.24) is 46.8 Å². The lowest BCUT2D eigenvalue weighted by atomic mass is 9.93. The number of carbonyl (C=O) groups is 5. The number of phenolic OH excluding ortho intramolecular Hbond substituents is 2. The van der Waals surface area contributed by atoms with Gasteiger partial charge in [-0.05, 0) is 115 Å². The molecule has 2 heterocycles. The van der Waals surface area contributed by atoms with Crippen LogP contribution in [0.15, 0.2) is 84.9 Å². The molecule has 0 aliphatic carbocycles. The number of H-pyrrole nitrogens is 1. The molecule has 0 radical (unpaired) electrons. The lowest BCUT2D eigenvalue weighted by molar-refractivity contribution is -0.141. The van der Waals surface area contributed by atoms with E-state index in [-0.39, 0.29) is 47.8 Å². The standard InChI is InChI=1S/C43H47ClN10O7/c1-24-22-46-34(41(59)47-23-37(57)39-50-52-53-51-39)20-25-6-16-35(55)31(19-25)32-21-29(13-17-36(32)56)38(42(60)48-24)54(2)43(61)33(5-3-4-18-45)49-40(58)28-9-7-26(8-10-28)27-11-14-30(44)15-12-27/h6-17,19,21,24,33-34,38,46,55-56H,3-5,18,20,22-23,45H2,1-2H3,(H,47,59)(H,48,60)(H,49,58)(H,50,51,52,53)/t24-,33-,34-,38-/m0/s1. The van der Waals surface area contributed by atoms with E-state index in [4.69, 9.17) is 17.3 Å². The van der Waals surface area contributed by atoms with Crippen LogP contribution in [0.3, 0.4) is 0 Å². The molecule has 0 saturated carbocycles. The first-order chi connectivity index (χ1) is 29.3. The van der Waals surface area contributed by atoms with Gasteiger partial charge in [0.2, 0.25) is 29.3 Å². The summed E-state index contributed by atoms with van der Waals surface area (Å²) in [6, 6.07) is 19.5. The third-order valence-corrected chi connectivity index (χ3v) is 10.6. The van der Waals surface area contributed by atoms with Crippen molar-refractivity contribution in [2.24, 2.45) is 5.73 Å². The molecule has 4 bridgehead atoms. The summed E-state index contributed by atoms with van der Waals surface area (Å²) < 4.78 is 0. The van der Waals surface area contributed by atoms with E-state index in [0.29, 0.717) is 41.1 Å². The molecule has 9 N–H and O–H groups in total. The molecule has 0 saturated heterocycles. The van der Waals surface area contributed by atoms with Crippen molar-refractivity contribution in [3.05, 3.63) is 112 Å². The number of nitrogens with two attached hydrogens (primary N) is 1. The minimum absolute atomic E-state index is 0.0906. The SMILES string of the molecule is C[C@H]1CN[C@H](C(=O)NCC(=O)c2nn[nH]n2)Cc2ccc(O)c(c2)-c2cc(ccc2O)[C@H](N(C)C(=O)[C@H](CCCCN)NC(=O)c2ccc(-c3ccc(Cl)cc3)cc2)C(=O)N1. The fraction of sp³-hybridized carbons (Fsp3) is 0.302. The van der Waals surface area contributed by atoms with Crippen molar-refractivity contribution in [3.8, 4) is 33.8 Å². The number of aromatic hydroxyl groups is 2. The van der Waals surface area contributed by atoms with Gasteiger partial charge in [-0.2, -0.15) is 5.21 Å². The second kappa shape index (κ2) is 20.0. The minimum Gasteiger partial charge on any atom is -0.507 e. The lowest BCUT2D eigenvalue weighted by Crippen LogP contribution is -2.54. The predicted molar refractivity (Wildman–Crippen MR) is 226 cm³/mol. The number of ketones is 1. The first-order valence-electron chi connectivity index (χ1n) is 19.7. The predicted octanol–water partition coefficient (Wildman–Crippen LogP) is 3.04. The highest BCUT2D eigenvalue weighted by Gasteiger charge is 2.35. The number of carbonyl (C=O) groups excluding carboxylic acids is 5. The highest BCUT2D eigenvalue weighted by molar-refractivity contribution is 6.30. The number of Topliss-reactive ketones (excluding diaryl/α,β-unsaturated/α-hetero) is 1. The number of tetrazole rings is 1. The molecule has 4 atom stereocenters. The van der Waals surface area contributed by atoms with E-state index in [1.54, 1.807) is 55.5 Å². The zero-order valence-electron chi connectivity index (χ0n) is 33.5. The van der Waals surface area contributed by atoms with E-state index in [9.17, 15) is 34.2 Å². The van der Waals surface area contributed by atoms with Gasteiger partial charge in [-0.15, -0.1) is 10.2 Å². The Bertz CT molecular complexity index is 2360. The van der Waals surface area contributed by atoms with E-state index < -0.39 is 60.1 Å². The number of aromatic nitrogens is 4. The second-order valence-electron chi connectivity index (χ2n) is 14.8. The summed E-state index contributed by atoms with van der Waals surface area (Å²) in [6.45, 7) is 1.78. The molecule has 61 heavy (non-hydrogen) atoms. The number of nitrogens with zero attached hydrogens (tertiary/aromatic N) is 4. The summed E-state index contributed by atoms with van der Waals surface area (Å²) in [5.41, 5.74) is 9.18. The fourth-order valence-electron chi connectivity index (χ4n) is 7.07. The summed E-state index contributed by atoms with van der Waals surface area (Å²) in [4.78, 5) is 69.9. The Morgan fingerprint density at radius 2 is 1.61 bits per heavy atom. The van der Waals surface area contributed by atoms with Crippen LogP contribution >= 0.6 is 11.6 Å². The number of nitrogens with one attached hydrogen (secondary N) is 5. The summed E-state index contributed by atoms with van der Waals surface area (Å²) in [6.07, 6.45) is 1.43. The van der Waals surface area contributed by atoms with Crippen LogP contribution in [0.1, 0.15) is 64.3 Å². The van der Waals surface area contributed by atoms with Crippen LogP contribution in [0.2, 0.25) is 5.02 Å². The molecular formula is C43H47ClN10O7. The molecule has 1 aliphatic heterocycles. The molecule has 6 rings (SSSR count). The molecule has 4 amide bonds. The third-order valence-electron chi connectivity index (χ3n) is 10.4. The molecule has 318 valence electrons. The van der Waals surface area contributed by atoms with E-state index in [1.807, 2.05) is 12.1 Å². The quantitative estimate of drug-likeness (QED) is 0.0629. The molecular weight excluding hydrogens is 804 g/mol. The number of unbranched alkanes of at least 4 members (excludes halogenated alkanes) is 1. The van der Waals surface area contributed by atoms with Gasteiger partial charge in [0, 0.05) is 41.3 Å². The Morgan fingerprint density at radius 1 is 0.934 bits per heavy atom. The van der Waals surface area contributed by atoms with Crippen LogP contribution in [0.5, 0.6) is 11.5 Å². The van der Waals surface area contributed by atoms with E-state index in [0.717, 1.165) is 11.1 Å². The van der Waals surface area contributed by atoms with E-state index in [1.165, 1.54) is 36.2 Å². The number of hydrogen-bond acceptors (Lipinski definition) is 12. The van der Waals surface area contributed by atoms with Crippen LogP contribution < -0.4 is 27.0 Å². The van der Waals surface area contributed by atoms with Gasteiger partial charge in [-0.1, -0.05) is 48.0 Å². The largest absolute Gasteiger partial charge is 0.507 e. The first-order valence-corrected chi connectivity index (χ1v) is 20.1. The van der Waals surface area contributed by atoms with Gasteiger partial charge in [-0.25, -0.2) is 0 Å². The molecule has 1 aromatic heterocycles. The van der Waals surface area contributed by atoms with Crippen molar-refractivity contribution in [2.45, 2.75) is 56.8 Å². The Balaban J connectivity index is 1.28. The Morgan fingerprint density at radius 3 is 2.28 bits per heavy atom. The molecule has 0 spiro atoms. The van der Waals surface area contributed by atoms with E-state index >= 15 is 0 Å². The summed E-state index contributed by atoms with van der Waals surface area (Å²) in [5.74, 6) is -3.33. The molecule has 4 aromatic carbocycles. The van der Waals surface area contributed by atoms with Crippen molar-refractivity contribution in [2.75, 3.05) is 26.7 Å². The Labute approximate surface area is 356 Å². The van der Waals surface area contributed by atoms with Gasteiger partial charge in [-0.3, -0.25) is 24.0 Å². The van der Waals surface area contributed by atoms with Gasteiger partial charge in [0.25, 0.3) is 5.91 Å². The Hall–Kier alpha value is -6.69. The number of rotatable bonds is 13. The number of benzene rings is 4. The normalized spacial score (nSPS) is 17.0. The number of amides is 4. The molecule has 1 aliphatic rings. The summed E-state index contributed by atoms with van der Waals surface area (Å²) in [5, 5.41) is 47.2. The maximum Gasteiger partial charge on any atom is 0.251 e. The van der Waals surface area contributed by atoms with Crippen LogP contribution in [0, 0.1) is 0 Å². The van der Waals surface area contributed by atoms with Crippen LogP contribution in [0.25, 0.3) is 22.3 Å². The smallest absolute Gasteiger partial charge is 0.251 e. The maximum atomic E-state index is 14.5. The highest BCUT2D eigenvalue weighted by atomic mass is 35.5. The van der Waals surface area contributed by atoms with Crippen LogP contribution in [0.4, 0.5) is 0 Å². The zero-order valence-corrected chi connectivity index (χ0v) is 34.3. The molecule has 0 unspecified atom stereocenters. The zero-order chi connectivity index (χ0) is 43.6. The molecule has 5 aromatic rings. The van der Waals surface area contributed by atoms with Gasteiger partial charge in [0.1, 0.15) is 23.6 Å². The third kappa shape index (κ3) is 10.9. The van der Waals surface area contributed by atoms with Gasteiger partial charge < -0.3 is 42.1 Å². The van der Waals surface area contributed by atoms with E-state index in [2.05, 4.69) is 41.9 Å².